The topological polar surface area (TPSA) is 66.5 Å². The molecular formula is C28H25ClN2O3S. The van der Waals surface area contributed by atoms with Crippen molar-refractivity contribution in [1.82, 2.24) is 0 Å². The van der Waals surface area contributed by atoms with Gasteiger partial charge in [0.15, 0.2) is 0 Å². The number of nitrogens with one attached hydrogen (secondary N) is 1. The molecule has 4 aromatic rings. The van der Waals surface area contributed by atoms with E-state index in [9.17, 15) is 13.2 Å². The van der Waals surface area contributed by atoms with Gasteiger partial charge < -0.3 is 5.32 Å². The van der Waals surface area contributed by atoms with Crippen molar-refractivity contribution >= 4 is 38.9 Å². The molecule has 4 rings (SSSR count). The fourth-order valence-corrected chi connectivity index (χ4v) is 5.26. The number of sulfonamides is 1. The highest BCUT2D eigenvalue weighted by Crippen LogP contribution is 2.28. The Morgan fingerprint density at radius 3 is 2.20 bits per heavy atom. The van der Waals surface area contributed by atoms with Crippen LogP contribution in [0.4, 0.5) is 11.4 Å². The fraction of sp³-hybridized carbons (Fsp3) is 0.107. The Kier molecular flexibility index (Phi) is 7.24. The van der Waals surface area contributed by atoms with Gasteiger partial charge in [-0.2, -0.15) is 0 Å². The highest BCUT2D eigenvalue weighted by atomic mass is 35.5. The van der Waals surface area contributed by atoms with Gasteiger partial charge in [-0.15, -0.1) is 0 Å². The number of hydrogen-bond acceptors (Lipinski definition) is 3. The lowest BCUT2D eigenvalue weighted by molar-refractivity contribution is 0.102. The Morgan fingerprint density at radius 1 is 0.829 bits per heavy atom. The minimum atomic E-state index is -3.80. The Morgan fingerprint density at radius 2 is 1.54 bits per heavy atom. The van der Waals surface area contributed by atoms with Crippen molar-refractivity contribution in [3.63, 3.8) is 0 Å². The number of aryl methyl sites for hydroxylation is 2. The lowest BCUT2D eigenvalue weighted by Crippen LogP contribution is -2.30. The number of hydrogen-bond donors (Lipinski definition) is 1. The standard InChI is InChI=1S/C28H25ClN2O3S/c1-20-11-16-26(17-21(20)2)31(35(33,34)27-9-4-3-5-10-27)19-22-12-14-25(15-13-22)30-28(32)23-7-6-8-24(29)18-23/h3-18H,19H2,1-2H3,(H,30,32). The maximum Gasteiger partial charge on any atom is 0.264 e. The van der Waals surface area contributed by atoms with Crippen LogP contribution in [0.3, 0.4) is 0 Å². The summed E-state index contributed by atoms with van der Waals surface area (Å²) in [5, 5.41) is 3.32. The second kappa shape index (κ2) is 10.3. The first kappa shape index (κ1) is 24.5. The molecule has 1 amide bonds. The summed E-state index contributed by atoms with van der Waals surface area (Å²) in [6, 6.07) is 27.9. The summed E-state index contributed by atoms with van der Waals surface area (Å²) >= 11 is 5.98. The van der Waals surface area contributed by atoms with Crippen molar-refractivity contribution in [1.29, 1.82) is 0 Å². The highest BCUT2D eigenvalue weighted by molar-refractivity contribution is 7.92. The van der Waals surface area contributed by atoms with Crippen LogP contribution < -0.4 is 9.62 Å². The summed E-state index contributed by atoms with van der Waals surface area (Å²) in [4.78, 5) is 12.7. The zero-order valence-electron chi connectivity index (χ0n) is 19.4. The Hall–Kier alpha value is -3.61. The number of halogens is 1. The number of benzene rings is 4. The summed E-state index contributed by atoms with van der Waals surface area (Å²) in [6.07, 6.45) is 0. The van der Waals surface area contributed by atoms with E-state index in [4.69, 9.17) is 11.6 Å². The van der Waals surface area contributed by atoms with Crippen LogP contribution >= 0.6 is 11.6 Å². The molecule has 0 aliphatic carbocycles. The van der Waals surface area contributed by atoms with Gasteiger partial charge in [0, 0.05) is 16.3 Å². The van der Waals surface area contributed by atoms with Crippen molar-refractivity contribution < 1.29 is 13.2 Å². The van der Waals surface area contributed by atoms with Crippen molar-refractivity contribution in [2.45, 2.75) is 25.3 Å². The Labute approximate surface area is 211 Å². The quantitative estimate of drug-likeness (QED) is 0.308. The van der Waals surface area contributed by atoms with Crippen LogP contribution in [0.25, 0.3) is 0 Å². The third-order valence-electron chi connectivity index (χ3n) is 5.73. The van der Waals surface area contributed by atoms with E-state index in [1.165, 1.54) is 4.31 Å². The third kappa shape index (κ3) is 5.73. The normalized spacial score (nSPS) is 11.2. The summed E-state index contributed by atoms with van der Waals surface area (Å²) in [5.74, 6) is -0.274. The van der Waals surface area contributed by atoms with Crippen molar-refractivity contribution in [3.8, 4) is 0 Å². The molecule has 0 unspecified atom stereocenters. The molecule has 0 heterocycles. The van der Waals surface area contributed by atoms with Crippen LogP contribution in [0.2, 0.25) is 5.02 Å². The third-order valence-corrected chi connectivity index (χ3v) is 7.76. The molecule has 178 valence electrons. The van der Waals surface area contributed by atoms with Gasteiger partial charge in [0.05, 0.1) is 17.1 Å². The van der Waals surface area contributed by atoms with E-state index in [0.29, 0.717) is 22.0 Å². The van der Waals surface area contributed by atoms with E-state index >= 15 is 0 Å². The van der Waals surface area contributed by atoms with E-state index < -0.39 is 10.0 Å². The summed E-state index contributed by atoms with van der Waals surface area (Å²) in [6.45, 7) is 4.09. The summed E-state index contributed by atoms with van der Waals surface area (Å²) < 4.78 is 28.6. The van der Waals surface area contributed by atoms with Gasteiger partial charge in [-0.05, 0) is 85.1 Å². The smallest absolute Gasteiger partial charge is 0.264 e. The summed E-state index contributed by atoms with van der Waals surface area (Å²) in [7, 11) is -3.80. The first-order valence-corrected chi connectivity index (χ1v) is 12.9. The maximum atomic E-state index is 13.6. The second-order valence-electron chi connectivity index (χ2n) is 8.25. The van der Waals surface area contributed by atoms with Crippen LogP contribution in [-0.2, 0) is 16.6 Å². The first-order valence-electron chi connectivity index (χ1n) is 11.0. The molecule has 35 heavy (non-hydrogen) atoms. The van der Waals surface area contributed by atoms with E-state index in [1.807, 2.05) is 44.2 Å². The van der Waals surface area contributed by atoms with Gasteiger partial charge in [-0.1, -0.05) is 54.1 Å². The van der Waals surface area contributed by atoms with Gasteiger partial charge in [-0.25, -0.2) is 8.42 Å². The molecule has 0 aliphatic heterocycles. The van der Waals surface area contributed by atoms with E-state index in [1.54, 1.807) is 66.7 Å². The number of carbonyl (C=O) groups excluding carboxylic acids is 1. The van der Waals surface area contributed by atoms with Crippen LogP contribution in [-0.4, -0.2) is 14.3 Å². The summed E-state index contributed by atoms with van der Waals surface area (Å²) in [5.41, 5.74) is 4.53. The van der Waals surface area contributed by atoms with Crippen LogP contribution in [0, 0.1) is 13.8 Å². The molecule has 0 saturated carbocycles. The van der Waals surface area contributed by atoms with Crippen molar-refractivity contribution in [2.75, 3.05) is 9.62 Å². The molecule has 0 saturated heterocycles. The SMILES string of the molecule is Cc1ccc(N(Cc2ccc(NC(=O)c3cccc(Cl)c3)cc2)S(=O)(=O)c2ccccc2)cc1C. The number of nitrogens with zero attached hydrogens (tertiary/aromatic N) is 1. The zero-order chi connectivity index (χ0) is 25.0. The van der Waals surface area contributed by atoms with Gasteiger partial charge in [-0.3, -0.25) is 9.10 Å². The second-order valence-corrected chi connectivity index (χ2v) is 10.6. The number of rotatable bonds is 7. The zero-order valence-corrected chi connectivity index (χ0v) is 21.0. The number of carbonyl (C=O) groups is 1. The average molecular weight is 505 g/mol. The maximum absolute atomic E-state index is 13.6. The van der Waals surface area contributed by atoms with Crippen LogP contribution in [0.15, 0.2) is 102 Å². The molecule has 0 aliphatic rings. The molecule has 0 fully saturated rings. The van der Waals surface area contributed by atoms with E-state index in [2.05, 4.69) is 5.32 Å². The lowest BCUT2D eigenvalue weighted by atomic mass is 10.1. The monoisotopic (exact) mass is 504 g/mol. The lowest BCUT2D eigenvalue weighted by Gasteiger charge is -2.25. The average Bonchev–Trinajstić information content (AvgIpc) is 2.86. The van der Waals surface area contributed by atoms with Crippen molar-refractivity contribution in [3.05, 3.63) is 124 Å². The van der Waals surface area contributed by atoms with Crippen molar-refractivity contribution in [2.24, 2.45) is 0 Å². The fourth-order valence-electron chi connectivity index (χ4n) is 3.61. The first-order chi connectivity index (χ1) is 16.7. The van der Waals surface area contributed by atoms with E-state index in [-0.39, 0.29) is 17.3 Å². The Bertz CT molecular complexity index is 1450. The predicted octanol–water partition coefficient (Wildman–Crippen LogP) is 6.60. The largest absolute Gasteiger partial charge is 0.322 e. The molecule has 0 bridgehead atoms. The van der Waals surface area contributed by atoms with Gasteiger partial charge in [0.2, 0.25) is 0 Å². The number of amides is 1. The van der Waals surface area contributed by atoms with Gasteiger partial charge in [0.25, 0.3) is 15.9 Å². The molecule has 0 aromatic heterocycles. The molecule has 0 atom stereocenters. The molecule has 5 nitrogen and oxygen atoms in total. The van der Waals surface area contributed by atoms with E-state index in [0.717, 1.165) is 16.7 Å². The van der Waals surface area contributed by atoms with Gasteiger partial charge >= 0.3 is 0 Å². The molecule has 7 heteroatoms. The van der Waals surface area contributed by atoms with Gasteiger partial charge in [0.1, 0.15) is 0 Å². The molecular weight excluding hydrogens is 480 g/mol. The molecule has 1 N–H and O–H groups in total. The number of anilines is 2. The minimum absolute atomic E-state index is 0.141. The molecule has 4 aromatic carbocycles. The van der Waals surface area contributed by atoms with Crippen LogP contribution in [0.5, 0.6) is 0 Å². The molecule has 0 radical (unpaired) electrons. The van der Waals surface area contributed by atoms with Crippen LogP contribution in [0.1, 0.15) is 27.0 Å². The highest BCUT2D eigenvalue weighted by Gasteiger charge is 2.25. The minimum Gasteiger partial charge on any atom is -0.322 e. The predicted molar refractivity (Wildman–Crippen MR) is 142 cm³/mol. The Balaban J connectivity index is 1.61. The molecule has 0 spiro atoms.